The Morgan fingerprint density at radius 2 is 1.63 bits per heavy atom. The van der Waals surface area contributed by atoms with Gasteiger partial charge in [-0.2, -0.15) is 0 Å². The van der Waals surface area contributed by atoms with Crippen LogP contribution in [0.5, 0.6) is 11.5 Å². The summed E-state index contributed by atoms with van der Waals surface area (Å²) in [6, 6.07) is 4.34. The average molecular weight is 494 g/mol. The molecule has 1 aliphatic heterocycles. The van der Waals surface area contributed by atoms with Gasteiger partial charge in [0.2, 0.25) is 0 Å². The third-order valence-electron chi connectivity index (χ3n) is 5.15. The largest absolute Gasteiger partial charge is 0.488 e. The molecule has 35 heavy (non-hydrogen) atoms. The number of rotatable bonds is 7. The van der Waals surface area contributed by atoms with Crippen LogP contribution in [0.4, 0.5) is 9.59 Å². The third kappa shape index (κ3) is 9.28. The lowest BCUT2D eigenvalue weighted by Gasteiger charge is -2.36. The second-order valence-corrected chi connectivity index (χ2v) is 10.4. The lowest BCUT2D eigenvalue weighted by Crippen LogP contribution is -2.51. The number of likely N-dealkylation sites (N-methyl/N-ethyl adjacent to an activating group) is 1. The molecule has 1 saturated heterocycles. The first-order chi connectivity index (χ1) is 16.2. The number of carbonyl (C=O) groups is 3. The fourth-order valence-electron chi connectivity index (χ4n) is 3.46. The van der Waals surface area contributed by atoms with Gasteiger partial charge in [0.1, 0.15) is 22.5 Å². The molecule has 2 amide bonds. The van der Waals surface area contributed by atoms with E-state index in [-0.39, 0.29) is 17.4 Å². The fourth-order valence-corrected chi connectivity index (χ4v) is 3.46. The molecule has 0 spiro atoms. The number of carboxylic acids is 1. The Morgan fingerprint density at radius 3 is 2.14 bits per heavy atom. The summed E-state index contributed by atoms with van der Waals surface area (Å²) in [6.07, 6.45) is -0.946. The van der Waals surface area contributed by atoms with Crippen LogP contribution in [0, 0.1) is 0 Å². The van der Waals surface area contributed by atoms with Crippen LogP contribution in [0.2, 0.25) is 0 Å². The quantitative estimate of drug-likeness (QED) is 0.609. The predicted molar refractivity (Wildman–Crippen MR) is 131 cm³/mol. The first kappa shape index (κ1) is 28.2. The molecule has 1 aliphatic rings. The Morgan fingerprint density at radius 1 is 1.00 bits per heavy atom. The van der Waals surface area contributed by atoms with E-state index < -0.39 is 23.3 Å². The lowest BCUT2D eigenvalue weighted by molar-refractivity contribution is 0.0140. The molecule has 1 aromatic carbocycles. The number of aromatic carboxylic acids is 1. The van der Waals surface area contributed by atoms with E-state index in [1.54, 1.807) is 11.0 Å². The molecule has 0 aliphatic carbocycles. The maximum absolute atomic E-state index is 12.8. The highest BCUT2D eigenvalue weighted by Crippen LogP contribution is 2.28. The minimum atomic E-state index is -1.19. The summed E-state index contributed by atoms with van der Waals surface area (Å²) in [5.74, 6) is -0.842. The Kier molecular flexibility index (Phi) is 9.37. The third-order valence-corrected chi connectivity index (χ3v) is 5.15. The van der Waals surface area contributed by atoms with Gasteiger partial charge in [-0.1, -0.05) is 0 Å². The zero-order chi connectivity index (χ0) is 26.4. The molecule has 1 fully saturated rings. The van der Waals surface area contributed by atoms with Gasteiger partial charge in [-0.3, -0.25) is 4.90 Å². The summed E-state index contributed by atoms with van der Waals surface area (Å²) < 4.78 is 16.7. The van der Waals surface area contributed by atoms with Crippen LogP contribution >= 0.6 is 0 Å². The Bertz CT molecular complexity index is 897. The molecule has 1 aromatic rings. The van der Waals surface area contributed by atoms with Gasteiger partial charge >= 0.3 is 18.2 Å². The highest BCUT2D eigenvalue weighted by molar-refractivity contribution is 5.92. The molecular formula is C25H39N3O7. The van der Waals surface area contributed by atoms with Gasteiger partial charge in [-0.05, 0) is 60.6 Å². The highest BCUT2D eigenvalue weighted by Gasteiger charge is 2.27. The SMILES string of the molecule is CCN(CCN1CCN(C(=O)OC(C)(C)C)CC1)C(=O)Oc1cc(OC(C)(C)C)ccc1C(=O)O. The zero-order valence-corrected chi connectivity index (χ0v) is 21.9. The smallest absolute Gasteiger partial charge is 0.415 e. The van der Waals surface area contributed by atoms with E-state index in [4.69, 9.17) is 14.2 Å². The van der Waals surface area contributed by atoms with Gasteiger partial charge in [0.05, 0.1) is 0 Å². The summed E-state index contributed by atoms with van der Waals surface area (Å²) in [6.45, 7) is 16.8. The average Bonchev–Trinajstić information content (AvgIpc) is 2.72. The predicted octanol–water partition coefficient (Wildman–Crippen LogP) is 3.94. The Balaban J connectivity index is 1.95. The topological polar surface area (TPSA) is 109 Å². The van der Waals surface area contributed by atoms with E-state index in [0.717, 1.165) is 0 Å². The molecule has 0 saturated carbocycles. The first-order valence-electron chi connectivity index (χ1n) is 11.9. The van der Waals surface area contributed by atoms with Crippen molar-refractivity contribution in [3.63, 3.8) is 0 Å². The van der Waals surface area contributed by atoms with Crippen molar-refractivity contribution >= 4 is 18.2 Å². The van der Waals surface area contributed by atoms with Crippen molar-refractivity contribution < 1.29 is 33.7 Å². The maximum Gasteiger partial charge on any atom is 0.415 e. The van der Waals surface area contributed by atoms with Gasteiger partial charge in [0.15, 0.2) is 5.75 Å². The minimum Gasteiger partial charge on any atom is -0.488 e. The van der Waals surface area contributed by atoms with Crippen LogP contribution in [0.15, 0.2) is 18.2 Å². The number of carbonyl (C=O) groups excluding carboxylic acids is 2. The number of benzene rings is 1. The number of carboxylic acid groups (broad SMARTS) is 1. The monoisotopic (exact) mass is 493 g/mol. The summed E-state index contributed by atoms with van der Waals surface area (Å²) in [5.41, 5.74) is -1.14. The van der Waals surface area contributed by atoms with Crippen LogP contribution in [-0.4, -0.2) is 95.0 Å². The normalized spacial score (nSPS) is 14.9. The van der Waals surface area contributed by atoms with Crippen LogP contribution in [0.1, 0.15) is 58.8 Å². The van der Waals surface area contributed by atoms with E-state index >= 15 is 0 Å². The standard InChI is InChI=1S/C25H39N3O7/c1-8-27(14-11-26-12-15-28(16-13-26)23(32)35-25(5,6)7)22(31)33-20-17-18(34-24(2,3)4)9-10-19(20)21(29)30/h9-10,17H,8,11-16H2,1-7H3,(H,29,30). The molecule has 10 heteroatoms. The molecule has 1 heterocycles. The first-order valence-corrected chi connectivity index (χ1v) is 11.9. The minimum absolute atomic E-state index is 0.0614. The molecule has 1 N–H and O–H groups in total. The molecule has 0 radical (unpaired) electrons. The second kappa shape index (κ2) is 11.6. The van der Waals surface area contributed by atoms with Crippen molar-refractivity contribution in [1.82, 2.24) is 14.7 Å². The van der Waals surface area contributed by atoms with Gasteiger partial charge < -0.3 is 29.1 Å². The van der Waals surface area contributed by atoms with Gasteiger partial charge in [-0.15, -0.1) is 0 Å². The Hall–Kier alpha value is -3.01. The van der Waals surface area contributed by atoms with Gasteiger partial charge in [0.25, 0.3) is 0 Å². The summed E-state index contributed by atoms with van der Waals surface area (Å²) >= 11 is 0. The number of amides is 2. The summed E-state index contributed by atoms with van der Waals surface area (Å²) in [5, 5.41) is 9.50. The molecule has 0 unspecified atom stereocenters. The van der Waals surface area contributed by atoms with E-state index in [0.29, 0.717) is 51.6 Å². The van der Waals surface area contributed by atoms with Crippen LogP contribution in [-0.2, 0) is 4.74 Å². The van der Waals surface area contributed by atoms with Crippen LogP contribution in [0.25, 0.3) is 0 Å². The summed E-state index contributed by atoms with van der Waals surface area (Å²) in [7, 11) is 0. The van der Waals surface area contributed by atoms with Crippen molar-refractivity contribution in [2.24, 2.45) is 0 Å². The fraction of sp³-hybridized carbons (Fsp3) is 0.640. The number of ether oxygens (including phenoxy) is 3. The molecule has 10 nitrogen and oxygen atoms in total. The maximum atomic E-state index is 12.8. The number of nitrogens with zero attached hydrogens (tertiary/aromatic N) is 3. The molecule has 0 atom stereocenters. The molecule has 0 bridgehead atoms. The van der Waals surface area contributed by atoms with E-state index in [1.165, 1.54) is 17.0 Å². The second-order valence-electron chi connectivity index (χ2n) is 10.4. The molecular weight excluding hydrogens is 454 g/mol. The van der Waals surface area contributed by atoms with Gasteiger partial charge in [0, 0.05) is 51.9 Å². The van der Waals surface area contributed by atoms with Crippen LogP contribution in [0.3, 0.4) is 0 Å². The van der Waals surface area contributed by atoms with E-state index in [2.05, 4.69) is 4.90 Å². The Labute approximate surface area is 207 Å². The van der Waals surface area contributed by atoms with Crippen LogP contribution < -0.4 is 9.47 Å². The highest BCUT2D eigenvalue weighted by atomic mass is 16.6. The van der Waals surface area contributed by atoms with Crippen molar-refractivity contribution in [1.29, 1.82) is 0 Å². The van der Waals surface area contributed by atoms with Crippen molar-refractivity contribution in [3.05, 3.63) is 23.8 Å². The number of piperazine rings is 1. The van der Waals surface area contributed by atoms with E-state index in [1.807, 2.05) is 48.5 Å². The van der Waals surface area contributed by atoms with Gasteiger partial charge in [-0.25, -0.2) is 14.4 Å². The number of hydrogen-bond donors (Lipinski definition) is 1. The van der Waals surface area contributed by atoms with Crippen molar-refractivity contribution in [2.75, 3.05) is 45.8 Å². The van der Waals surface area contributed by atoms with Crippen molar-refractivity contribution in [2.45, 2.75) is 59.7 Å². The van der Waals surface area contributed by atoms with Crippen molar-refractivity contribution in [3.8, 4) is 11.5 Å². The molecule has 2 rings (SSSR count). The summed E-state index contributed by atoms with van der Waals surface area (Å²) in [4.78, 5) is 42.1. The molecule has 196 valence electrons. The number of hydrogen-bond acceptors (Lipinski definition) is 7. The molecule has 0 aromatic heterocycles. The van der Waals surface area contributed by atoms with E-state index in [9.17, 15) is 19.5 Å². The zero-order valence-electron chi connectivity index (χ0n) is 21.9. The lowest BCUT2D eigenvalue weighted by atomic mass is 10.1.